The van der Waals surface area contributed by atoms with Crippen LogP contribution in [0.3, 0.4) is 0 Å². The minimum Gasteiger partial charge on any atom is -0.496 e. The third kappa shape index (κ3) is 4.46. The maximum absolute atomic E-state index is 11.7. The highest BCUT2D eigenvalue weighted by Gasteiger charge is 2.13. The molecule has 23 heavy (non-hydrogen) atoms. The van der Waals surface area contributed by atoms with Crippen molar-refractivity contribution in [2.24, 2.45) is 0 Å². The zero-order valence-corrected chi connectivity index (χ0v) is 13.9. The molecule has 9 heteroatoms. The lowest BCUT2D eigenvalue weighted by atomic mass is 10.1. The summed E-state index contributed by atoms with van der Waals surface area (Å²) in [5.74, 6) is 1.93. The Morgan fingerprint density at radius 3 is 2.39 bits per heavy atom. The fourth-order valence-corrected chi connectivity index (χ4v) is 2.43. The van der Waals surface area contributed by atoms with E-state index in [0.717, 1.165) is 5.56 Å². The van der Waals surface area contributed by atoms with Crippen LogP contribution in [0.15, 0.2) is 17.6 Å². The van der Waals surface area contributed by atoms with Gasteiger partial charge in [-0.2, -0.15) is 0 Å². The summed E-state index contributed by atoms with van der Waals surface area (Å²) < 4.78 is 15.9. The molecule has 0 saturated heterocycles. The van der Waals surface area contributed by atoms with E-state index in [4.69, 9.17) is 14.2 Å². The van der Waals surface area contributed by atoms with E-state index in [1.807, 2.05) is 0 Å². The van der Waals surface area contributed by atoms with Gasteiger partial charge in [0.2, 0.25) is 5.13 Å². The van der Waals surface area contributed by atoms with Gasteiger partial charge in [0, 0.05) is 24.2 Å². The van der Waals surface area contributed by atoms with E-state index >= 15 is 0 Å². The molecule has 0 bridgehead atoms. The van der Waals surface area contributed by atoms with Crippen LogP contribution in [0.4, 0.5) is 9.93 Å². The van der Waals surface area contributed by atoms with Crippen LogP contribution in [0.2, 0.25) is 0 Å². The number of hydrogen-bond acceptors (Lipinski definition) is 7. The number of aromatic nitrogens is 2. The SMILES string of the molecule is COc1cc(OC)c(CCNC(=O)Nc2nncs2)c(OC)c1. The number of amides is 2. The number of hydrogen-bond donors (Lipinski definition) is 2. The molecule has 2 rings (SSSR count). The largest absolute Gasteiger partial charge is 0.496 e. The maximum atomic E-state index is 11.7. The number of carbonyl (C=O) groups excluding carboxylic acids is 1. The molecule has 2 N–H and O–H groups in total. The van der Waals surface area contributed by atoms with Gasteiger partial charge in [0.25, 0.3) is 0 Å². The quantitative estimate of drug-likeness (QED) is 0.801. The van der Waals surface area contributed by atoms with E-state index in [1.54, 1.807) is 39.0 Å². The molecule has 0 fully saturated rings. The van der Waals surface area contributed by atoms with Crippen molar-refractivity contribution < 1.29 is 19.0 Å². The average molecular weight is 338 g/mol. The second kappa shape index (κ2) is 8.18. The lowest BCUT2D eigenvalue weighted by Crippen LogP contribution is -2.30. The van der Waals surface area contributed by atoms with E-state index in [1.165, 1.54) is 11.3 Å². The van der Waals surface area contributed by atoms with Crippen molar-refractivity contribution in [1.29, 1.82) is 0 Å². The Bertz CT molecular complexity index is 623. The second-order valence-electron chi connectivity index (χ2n) is 4.39. The van der Waals surface area contributed by atoms with Crippen molar-refractivity contribution >= 4 is 22.5 Å². The van der Waals surface area contributed by atoms with Gasteiger partial charge in [-0.3, -0.25) is 5.32 Å². The van der Waals surface area contributed by atoms with Crippen molar-refractivity contribution in [2.75, 3.05) is 33.2 Å². The number of nitrogens with one attached hydrogen (secondary N) is 2. The summed E-state index contributed by atoms with van der Waals surface area (Å²) in [7, 11) is 4.73. The number of ether oxygens (including phenoxy) is 3. The molecule has 8 nitrogen and oxygen atoms in total. The minimum atomic E-state index is -0.340. The third-order valence-corrected chi connectivity index (χ3v) is 3.66. The second-order valence-corrected chi connectivity index (χ2v) is 5.22. The molecule has 1 heterocycles. The Kier molecular flexibility index (Phi) is 5.98. The zero-order valence-electron chi connectivity index (χ0n) is 13.1. The molecule has 1 aromatic carbocycles. The van der Waals surface area contributed by atoms with Crippen molar-refractivity contribution in [3.05, 3.63) is 23.2 Å². The molecule has 0 radical (unpaired) electrons. The van der Waals surface area contributed by atoms with Crippen LogP contribution in [0.25, 0.3) is 0 Å². The Morgan fingerprint density at radius 2 is 1.87 bits per heavy atom. The molecule has 0 aliphatic carbocycles. The number of urea groups is 1. The van der Waals surface area contributed by atoms with Crippen LogP contribution >= 0.6 is 11.3 Å². The normalized spacial score (nSPS) is 10.0. The average Bonchev–Trinajstić information content (AvgIpc) is 3.07. The van der Waals surface area contributed by atoms with E-state index in [9.17, 15) is 4.79 Å². The smallest absolute Gasteiger partial charge is 0.321 e. The lowest BCUT2D eigenvalue weighted by Gasteiger charge is -2.15. The molecule has 2 amide bonds. The molecule has 0 atom stereocenters. The van der Waals surface area contributed by atoms with E-state index < -0.39 is 0 Å². The number of carbonyl (C=O) groups is 1. The summed E-state index contributed by atoms with van der Waals surface area (Å²) in [5, 5.41) is 13.2. The van der Waals surface area contributed by atoms with Gasteiger partial charge in [-0.15, -0.1) is 10.2 Å². The highest BCUT2D eigenvalue weighted by molar-refractivity contribution is 7.13. The predicted octanol–water partition coefficient (Wildman–Crippen LogP) is 1.93. The van der Waals surface area contributed by atoms with E-state index in [-0.39, 0.29) is 6.03 Å². The summed E-state index contributed by atoms with van der Waals surface area (Å²) in [5.41, 5.74) is 2.40. The van der Waals surface area contributed by atoms with Crippen LogP contribution in [-0.4, -0.2) is 44.1 Å². The summed E-state index contributed by atoms with van der Waals surface area (Å²) >= 11 is 1.25. The van der Waals surface area contributed by atoms with Crippen LogP contribution in [0.5, 0.6) is 17.2 Å². The fraction of sp³-hybridized carbons (Fsp3) is 0.357. The van der Waals surface area contributed by atoms with Gasteiger partial charge in [-0.05, 0) is 6.42 Å². The maximum Gasteiger partial charge on any atom is 0.321 e. The molecule has 124 valence electrons. The number of rotatable bonds is 7. The van der Waals surface area contributed by atoms with Crippen LogP contribution in [0.1, 0.15) is 5.56 Å². The third-order valence-electron chi connectivity index (χ3n) is 3.06. The first-order valence-electron chi connectivity index (χ1n) is 6.77. The Hall–Kier alpha value is -2.55. The summed E-state index contributed by atoms with van der Waals surface area (Å²) in [6, 6.07) is 3.21. The van der Waals surface area contributed by atoms with Gasteiger partial charge in [-0.25, -0.2) is 4.79 Å². The molecule has 0 aliphatic heterocycles. The standard InChI is InChI=1S/C14H18N4O4S/c1-20-9-6-11(21-2)10(12(7-9)22-3)4-5-15-13(19)17-14-18-16-8-23-14/h6-8H,4-5H2,1-3H3,(H2,15,17,18,19). The molecule has 0 spiro atoms. The molecule has 0 unspecified atom stereocenters. The van der Waals surface area contributed by atoms with Gasteiger partial charge in [0.1, 0.15) is 22.8 Å². The fourth-order valence-electron chi connectivity index (χ4n) is 1.99. The van der Waals surface area contributed by atoms with Crippen molar-refractivity contribution in [3.63, 3.8) is 0 Å². The topological polar surface area (TPSA) is 94.6 Å². The zero-order chi connectivity index (χ0) is 16.7. The molecular weight excluding hydrogens is 320 g/mol. The Labute approximate surface area is 137 Å². The van der Waals surface area contributed by atoms with Gasteiger partial charge in [-0.1, -0.05) is 11.3 Å². The number of anilines is 1. The molecule has 2 aromatic rings. The Morgan fingerprint density at radius 1 is 1.17 bits per heavy atom. The highest BCUT2D eigenvalue weighted by atomic mass is 32.1. The van der Waals surface area contributed by atoms with Gasteiger partial charge >= 0.3 is 6.03 Å². The summed E-state index contributed by atoms with van der Waals surface area (Å²) in [4.78, 5) is 11.7. The van der Waals surface area contributed by atoms with Gasteiger partial charge in [0.15, 0.2) is 0 Å². The monoisotopic (exact) mass is 338 g/mol. The van der Waals surface area contributed by atoms with Crippen molar-refractivity contribution in [3.8, 4) is 17.2 Å². The Balaban J connectivity index is 1.98. The van der Waals surface area contributed by atoms with E-state index in [2.05, 4.69) is 20.8 Å². The first-order valence-corrected chi connectivity index (χ1v) is 7.65. The highest BCUT2D eigenvalue weighted by Crippen LogP contribution is 2.34. The van der Waals surface area contributed by atoms with Crippen LogP contribution in [-0.2, 0) is 6.42 Å². The van der Waals surface area contributed by atoms with E-state index in [0.29, 0.717) is 35.3 Å². The molecule has 1 aromatic heterocycles. The number of benzene rings is 1. The lowest BCUT2D eigenvalue weighted by molar-refractivity contribution is 0.252. The van der Waals surface area contributed by atoms with Gasteiger partial charge < -0.3 is 19.5 Å². The first kappa shape index (κ1) is 16.8. The molecule has 0 aliphatic rings. The number of methoxy groups -OCH3 is 3. The van der Waals surface area contributed by atoms with Crippen molar-refractivity contribution in [1.82, 2.24) is 15.5 Å². The number of nitrogens with zero attached hydrogens (tertiary/aromatic N) is 2. The predicted molar refractivity (Wildman–Crippen MR) is 86.7 cm³/mol. The summed E-state index contributed by atoms with van der Waals surface area (Å²) in [6.07, 6.45) is 0.542. The first-order chi connectivity index (χ1) is 11.2. The van der Waals surface area contributed by atoms with Crippen LogP contribution < -0.4 is 24.8 Å². The molecular formula is C14H18N4O4S. The summed E-state index contributed by atoms with van der Waals surface area (Å²) in [6.45, 7) is 0.406. The minimum absolute atomic E-state index is 0.340. The molecule has 0 saturated carbocycles. The van der Waals surface area contributed by atoms with Gasteiger partial charge in [0.05, 0.1) is 21.3 Å². The van der Waals surface area contributed by atoms with Crippen molar-refractivity contribution in [2.45, 2.75) is 6.42 Å². The van der Waals surface area contributed by atoms with Crippen LogP contribution in [0, 0.1) is 0 Å².